The molecule has 4 heteroatoms. The summed E-state index contributed by atoms with van der Waals surface area (Å²) in [7, 11) is 1.82. The molecule has 1 saturated carbocycles. The monoisotopic (exact) mass is 164 g/mol. The third-order valence-electron chi connectivity index (χ3n) is 1.93. The van der Waals surface area contributed by atoms with Gasteiger partial charge in [0, 0.05) is 25.4 Å². The van der Waals surface area contributed by atoms with Crippen LogP contribution in [-0.4, -0.2) is 22.2 Å². The number of anilines is 1. The van der Waals surface area contributed by atoms with Gasteiger partial charge < -0.3 is 0 Å². The number of carbonyl (C=O) groups is 1. The van der Waals surface area contributed by atoms with Crippen LogP contribution in [0.25, 0.3) is 0 Å². The van der Waals surface area contributed by atoms with Gasteiger partial charge in [-0.15, -0.1) is 0 Å². The van der Waals surface area contributed by atoms with Crippen LogP contribution in [0.4, 0.5) is 5.82 Å². The van der Waals surface area contributed by atoms with Crippen LogP contribution >= 0.6 is 0 Å². The van der Waals surface area contributed by atoms with Gasteiger partial charge >= 0.3 is 0 Å². The van der Waals surface area contributed by atoms with Gasteiger partial charge in [-0.2, -0.15) is 5.10 Å². The van der Waals surface area contributed by atoms with Crippen molar-refractivity contribution >= 4 is 12.2 Å². The molecule has 2 rings (SSSR count). The van der Waals surface area contributed by atoms with E-state index in [1.807, 2.05) is 7.05 Å². The zero-order valence-corrected chi connectivity index (χ0v) is 6.90. The molecule has 1 aromatic heterocycles. The van der Waals surface area contributed by atoms with Crippen LogP contribution in [0.3, 0.4) is 0 Å². The normalized spacial score (nSPS) is 16.1. The first-order valence-electron chi connectivity index (χ1n) is 3.96. The van der Waals surface area contributed by atoms with Crippen molar-refractivity contribution in [3.8, 4) is 0 Å². The van der Waals surface area contributed by atoms with Crippen molar-refractivity contribution in [1.82, 2.24) is 9.78 Å². The fourth-order valence-corrected chi connectivity index (χ4v) is 1.15. The molecule has 1 aliphatic rings. The maximum absolute atomic E-state index is 10.7. The molecule has 0 N–H and O–H groups in total. The van der Waals surface area contributed by atoms with Crippen LogP contribution in [-0.2, 0) is 11.8 Å². The molecule has 0 aliphatic heterocycles. The summed E-state index contributed by atoms with van der Waals surface area (Å²) in [5.41, 5.74) is 0. The second-order valence-electron chi connectivity index (χ2n) is 3.01. The van der Waals surface area contributed by atoms with Gasteiger partial charge in [-0.3, -0.25) is 14.4 Å². The largest absolute Gasteiger partial charge is 0.294 e. The van der Waals surface area contributed by atoms with Crippen molar-refractivity contribution in [3.63, 3.8) is 0 Å². The molecule has 1 aliphatic carbocycles. The van der Waals surface area contributed by atoms with Crippen molar-refractivity contribution in [2.45, 2.75) is 18.9 Å². The fourth-order valence-electron chi connectivity index (χ4n) is 1.15. The van der Waals surface area contributed by atoms with E-state index in [9.17, 15) is 4.79 Å². The van der Waals surface area contributed by atoms with Gasteiger partial charge in [0.25, 0.3) is 0 Å². The Morgan fingerprint density at radius 2 is 2.58 bits per heavy atom. The quantitative estimate of drug-likeness (QED) is 0.604. The summed E-state index contributed by atoms with van der Waals surface area (Å²) in [4.78, 5) is 12.3. The Hall–Kier alpha value is -1.32. The average molecular weight is 164 g/mol. The lowest BCUT2D eigenvalue weighted by Gasteiger charge is -2.11. The van der Waals surface area contributed by atoms with E-state index >= 15 is 0 Å². The molecular weight excluding hydrogens is 154 g/mol. The highest BCUT2D eigenvalue weighted by Crippen LogP contribution is 2.28. The van der Waals surface area contributed by atoms with E-state index < -0.39 is 0 Å². The number of carbonyl (C=O) groups excluding carboxylic acids is 1. The minimum atomic E-state index is 0.369. The van der Waals surface area contributed by atoms with Gasteiger partial charge in [0.15, 0.2) is 5.82 Å². The van der Waals surface area contributed by atoms with Gasteiger partial charge in [-0.25, -0.2) is 0 Å². The summed E-state index contributed by atoms with van der Waals surface area (Å²) in [5, 5.41) is 4.10. The van der Waals surface area contributed by atoms with Crippen molar-refractivity contribution in [2.24, 2.45) is 7.05 Å². The second kappa shape index (κ2) is 2.62. The predicted octanol–water partition coefficient (Wildman–Crippen LogP) is 0.345. The maximum atomic E-state index is 10.7. The Balaban J connectivity index is 2.20. The van der Waals surface area contributed by atoms with Gasteiger partial charge in [0.05, 0.1) is 0 Å². The number of nitrogens with zero attached hydrogens (tertiary/aromatic N) is 3. The van der Waals surface area contributed by atoms with E-state index in [1.165, 1.54) is 0 Å². The lowest BCUT2D eigenvalue weighted by Crippen LogP contribution is -2.23. The molecule has 0 unspecified atom stereocenters. The summed E-state index contributed by atoms with van der Waals surface area (Å²) in [6, 6.07) is 3.29. The molecule has 4 nitrogen and oxygen atoms in total. The van der Waals surface area contributed by atoms with Gasteiger partial charge in [0.1, 0.15) is 0 Å². The summed E-state index contributed by atoms with van der Waals surface area (Å²) in [6.07, 6.45) is 4.72. The van der Waals surface area contributed by atoms with E-state index in [2.05, 4.69) is 11.2 Å². The number of rotatable bonds is 3. The molecule has 0 bridgehead atoms. The Bertz CT molecular complexity index is 290. The van der Waals surface area contributed by atoms with Crippen LogP contribution in [0.2, 0.25) is 0 Å². The van der Waals surface area contributed by atoms with E-state index in [0.717, 1.165) is 19.3 Å². The molecule has 63 valence electrons. The molecular formula is C8H10N3O. The Morgan fingerprint density at radius 1 is 1.83 bits per heavy atom. The highest BCUT2D eigenvalue weighted by Gasteiger charge is 2.30. The Kier molecular flexibility index (Phi) is 1.60. The Labute approximate surface area is 70.8 Å². The zero-order valence-electron chi connectivity index (χ0n) is 6.90. The van der Waals surface area contributed by atoms with Crippen molar-refractivity contribution in [3.05, 3.63) is 12.3 Å². The molecule has 1 amide bonds. The first kappa shape index (κ1) is 7.34. The molecule has 0 aromatic carbocycles. The van der Waals surface area contributed by atoms with Crippen molar-refractivity contribution in [2.75, 3.05) is 4.90 Å². The average Bonchev–Trinajstić information content (AvgIpc) is 2.78. The molecule has 0 atom stereocenters. The first-order chi connectivity index (χ1) is 5.81. The van der Waals surface area contributed by atoms with Crippen LogP contribution in [0.5, 0.6) is 0 Å². The van der Waals surface area contributed by atoms with Crippen molar-refractivity contribution < 1.29 is 4.79 Å². The highest BCUT2D eigenvalue weighted by atomic mass is 16.1. The molecule has 1 radical (unpaired) electrons. The zero-order chi connectivity index (χ0) is 8.55. The van der Waals surface area contributed by atoms with Crippen LogP contribution in [0, 0.1) is 6.07 Å². The van der Waals surface area contributed by atoms with Crippen LogP contribution in [0.1, 0.15) is 12.8 Å². The van der Waals surface area contributed by atoms with Crippen LogP contribution < -0.4 is 4.90 Å². The fraction of sp³-hybridized carbons (Fsp3) is 0.500. The highest BCUT2D eigenvalue weighted by molar-refractivity contribution is 5.74. The molecule has 1 heterocycles. The lowest BCUT2D eigenvalue weighted by molar-refractivity contribution is -0.107. The smallest absolute Gasteiger partial charge is 0.215 e. The van der Waals surface area contributed by atoms with E-state index in [4.69, 9.17) is 0 Å². The summed E-state index contributed by atoms with van der Waals surface area (Å²) in [6.45, 7) is 0. The third kappa shape index (κ3) is 1.20. The first-order valence-corrected chi connectivity index (χ1v) is 3.96. The van der Waals surface area contributed by atoms with Gasteiger partial charge in [-0.1, -0.05) is 0 Å². The summed E-state index contributed by atoms with van der Waals surface area (Å²) >= 11 is 0. The Morgan fingerprint density at radius 3 is 3.00 bits per heavy atom. The van der Waals surface area contributed by atoms with E-state index in [0.29, 0.717) is 11.9 Å². The molecule has 1 aromatic rings. The number of hydrogen-bond donors (Lipinski definition) is 0. The van der Waals surface area contributed by atoms with E-state index in [1.54, 1.807) is 15.8 Å². The minimum Gasteiger partial charge on any atom is -0.294 e. The SMILES string of the molecule is Cn1c[c]c(N(C=O)C2CC2)n1. The topological polar surface area (TPSA) is 38.1 Å². The summed E-state index contributed by atoms with van der Waals surface area (Å²) in [5.74, 6) is 0.634. The molecule has 0 spiro atoms. The van der Waals surface area contributed by atoms with Crippen molar-refractivity contribution in [1.29, 1.82) is 0 Å². The van der Waals surface area contributed by atoms with Crippen LogP contribution in [0.15, 0.2) is 6.20 Å². The standard InChI is InChI=1S/C8H10N3O/c1-10-5-4-8(9-10)11(6-12)7-2-3-7/h5-7H,2-3H2,1H3. The minimum absolute atomic E-state index is 0.369. The lowest BCUT2D eigenvalue weighted by atomic mass is 10.5. The predicted molar refractivity (Wildman–Crippen MR) is 43.6 cm³/mol. The molecule has 12 heavy (non-hydrogen) atoms. The van der Waals surface area contributed by atoms with Gasteiger partial charge in [-0.05, 0) is 12.8 Å². The number of aryl methyl sites for hydroxylation is 1. The molecule has 0 saturated heterocycles. The molecule has 1 fully saturated rings. The van der Waals surface area contributed by atoms with E-state index in [-0.39, 0.29) is 0 Å². The number of amides is 1. The maximum Gasteiger partial charge on any atom is 0.215 e. The third-order valence-corrected chi connectivity index (χ3v) is 1.93. The second-order valence-corrected chi connectivity index (χ2v) is 3.01. The number of hydrogen-bond acceptors (Lipinski definition) is 2. The summed E-state index contributed by atoms with van der Waals surface area (Å²) < 4.78 is 1.65. The number of aromatic nitrogens is 2. The van der Waals surface area contributed by atoms with Gasteiger partial charge in [0.2, 0.25) is 6.41 Å².